The molecule has 0 saturated heterocycles. The third kappa shape index (κ3) is 6.71. The molecule has 8 aromatic carbocycles. The largest absolute Gasteiger partial charge is 0.334 e. The van der Waals surface area contributed by atoms with Crippen molar-refractivity contribution >= 4 is 78.0 Å². The van der Waals surface area contributed by atoms with Crippen molar-refractivity contribution in [2.45, 2.75) is 24.9 Å². The maximum absolute atomic E-state index is 2.48. The smallest absolute Gasteiger partial charge is 0.0559 e. The minimum absolute atomic E-state index is 0.244. The summed E-state index contributed by atoms with van der Waals surface area (Å²) in [6.07, 6.45) is 24.2. The van der Waals surface area contributed by atoms with Gasteiger partial charge < -0.3 is 9.80 Å². The topological polar surface area (TPSA) is 6.48 Å². The Hall–Kier alpha value is -6.90. The van der Waals surface area contributed by atoms with Crippen LogP contribution in [0.3, 0.4) is 0 Å². The Bertz CT molecular complexity index is 2910. The number of hydrogen-bond donors (Lipinski definition) is 0. The van der Waals surface area contributed by atoms with Crippen LogP contribution in [-0.4, -0.2) is 12.1 Å². The first kappa shape index (κ1) is 33.7. The van der Waals surface area contributed by atoms with Crippen molar-refractivity contribution in [1.29, 1.82) is 0 Å². The number of nitrogens with zero attached hydrogens (tertiary/aromatic N) is 2. The van der Waals surface area contributed by atoms with Gasteiger partial charge in [0.15, 0.2) is 0 Å². The van der Waals surface area contributed by atoms with Crippen LogP contribution in [0.15, 0.2) is 206 Å². The number of anilines is 4. The molecule has 2 aliphatic carbocycles. The van der Waals surface area contributed by atoms with Gasteiger partial charge >= 0.3 is 0 Å². The molecule has 0 spiro atoms. The van der Waals surface area contributed by atoms with Gasteiger partial charge in [-0.1, -0.05) is 158 Å². The maximum atomic E-state index is 2.48. The first-order chi connectivity index (χ1) is 27.7. The van der Waals surface area contributed by atoms with Crippen LogP contribution >= 0.6 is 0 Å². The molecule has 56 heavy (non-hydrogen) atoms. The van der Waals surface area contributed by atoms with Gasteiger partial charge in [0.1, 0.15) is 0 Å². The van der Waals surface area contributed by atoms with Crippen molar-refractivity contribution in [3.63, 3.8) is 0 Å². The van der Waals surface area contributed by atoms with Gasteiger partial charge in [-0.15, -0.1) is 0 Å². The fourth-order valence-corrected chi connectivity index (χ4v) is 8.44. The van der Waals surface area contributed by atoms with E-state index in [1.807, 2.05) is 0 Å². The highest BCUT2D eigenvalue weighted by Gasteiger charge is 2.21. The zero-order valence-electron chi connectivity index (χ0n) is 31.2. The van der Waals surface area contributed by atoms with Crippen LogP contribution in [0.1, 0.15) is 24.0 Å². The minimum atomic E-state index is 0.244. The summed E-state index contributed by atoms with van der Waals surface area (Å²) in [6.45, 7) is 0. The summed E-state index contributed by atoms with van der Waals surface area (Å²) in [5.74, 6) is 0. The highest BCUT2D eigenvalue weighted by atomic mass is 15.2. The molecule has 0 N–H and O–H groups in total. The van der Waals surface area contributed by atoms with E-state index in [4.69, 9.17) is 0 Å². The lowest BCUT2D eigenvalue weighted by molar-refractivity contribution is 0.786. The Kier molecular flexibility index (Phi) is 8.85. The zero-order chi connectivity index (χ0) is 37.3. The summed E-state index contributed by atoms with van der Waals surface area (Å²) in [6, 6.07) is 58.7. The van der Waals surface area contributed by atoms with Crippen molar-refractivity contribution in [2.24, 2.45) is 0 Å². The van der Waals surface area contributed by atoms with Crippen LogP contribution in [0.2, 0.25) is 0 Å². The average molecular weight is 719 g/mol. The maximum Gasteiger partial charge on any atom is 0.0559 e. The molecular weight excluding hydrogens is 677 g/mol. The van der Waals surface area contributed by atoms with Crippen molar-refractivity contribution in [3.8, 4) is 0 Å². The van der Waals surface area contributed by atoms with E-state index >= 15 is 0 Å². The van der Waals surface area contributed by atoms with E-state index in [0.717, 1.165) is 12.8 Å². The van der Waals surface area contributed by atoms with Gasteiger partial charge in [-0.05, 0) is 128 Å². The monoisotopic (exact) mass is 718 g/mol. The SMILES string of the molecule is C1=CCC(N(c2ccc3ccccc3c2)c2ccc3cc(C=Cc4ccc5ccc(N(c6ccc7ccccc7c6)C6C=CC=CC6)cc5c4)ccc3c2)C=C1. The molecule has 2 nitrogen and oxygen atoms in total. The normalized spacial score (nSPS) is 16.4. The van der Waals surface area contributed by atoms with Crippen molar-refractivity contribution in [1.82, 2.24) is 0 Å². The molecule has 0 aromatic heterocycles. The summed E-state index contributed by atoms with van der Waals surface area (Å²) in [4.78, 5) is 4.97. The highest BCUT2D eigenvalue weighted by Crippen LogP contribution is 2.37. The molecule has 2 atom stereocenters. The second-order valence-corrected chi connectivity index (χ2v) is 15.0. The summed E-state index contributed by atoms with van der Waals surface area (Å²) in [5, 5.41) is 9.97. The highest BCUT2D eigenvalue weighted by molar-refractivity contribution is 5.94. The molecule has 0 saturated carbocycles. The first-order valence-corrected chi connectivity index (χ1v) is 19.7. The Morgan fingerprint density at radius 1 is 0.339 bits per heavy atom. The number of hydrogen-bond acceptors (Lipinski definition) is 2. The van der Waals surface area contributed by atoms with E-state index in [2.05, 4.69) is 228 Å². The molecule has 268 valence electrons. The second-order valence-electron chi connectivity index (χ2n) is 15.0. The van der Waals surface area contributed by atoms with Crippen LogP contribution in [0.4, 0.5) is 22.7 Å². The molecule has 0 fully saturated rings. The quantitative estimate of drug-likeness (QED) is 0.144. The fraction of sp³-hybridized carbons (Fsp3) is 0.0741. The molecule has 2 unspecified atom stereocenters. The first-order valence-electron chi connectivity index (χ1n) is 19.7. The average Bonchev–Trinajstić information content (AvgIpc) is 3.26. The zero-order valence-corrected chi connectivity index (χ0v) is 31.2. The van der Waals surface area contributed by atoms with E-state index in [9.17, 15) is 0 Å². The lowest BCUT2D eigenvalue weighted by atomic mass is 10.0. The van der Waals surface area contributed by atoms with E-state index in [1.54, 1.807) is 0 Å². The van der Waals surface area contributed by atoms with E-state index in [0.29, 0.717) is 0 Å². The van der Waals surface area contributed by atoms with Crippen LogP contribution < -0.4 is 9.80 Å². The van der Waals surface area contributed by atoms with Crippen molar-refractivity contribution in [3.05, 3.63) is 217 Å². The molecular formula is C54H42N2. The molecule has 0 heterocycles. The van der Waals surface area contributed by atoms with Gasteiger partial charge in [-0.3, -0.25) is 0 Å². The van der Waals surface area contributed by atoms with Crippen LogP contribution in [0.25, 0.3) is 55.2 Å². The molecule has 0 aliphatic heterocycles. The molecule has 2 heteroatoms. The minimum Gasteiger partial charge on any atom is -0.334 e. The standard InChI is InChI=1S/C54H42N2/c1-3-15-49(16-4-1)55(51-29-25-41-11-7-9-13-44(41)35-51)53-32-28-46-33-39(22-24-47(46)37-53)19-20-40-21-23-43-27-31-54(38-48(43)34-40)56(50-17-5-2-6-18-50)52-30-26-42-12-8-10-14-45(42)36-52/h1-15,17,19-38,49-50H,16,18H2. The van der Waals surface area contributed by atoms with Gasteiger partial charge in [0.25, 0.3) is 0 Å². The van der Waals surface area contributed by atoms with E-state index in [1.165, 1.54) is 77.0 Å². The lowest BCUT2D eigenvalue weighted by Gasteiger charge is -2.33. The van der Waals surface area contributed by atoms with Gasteiger partial charge in [0, 0.05) is 22.7 Å². The van der Waals surface area contributed by atoms with Crippen LogP contribution in [0.5, 0.6) is 0 Å². The summed E-state index contributed by atoms with van der Waals surface area (Å²) < 4.78 is 0. The molecule has 0 amide bonds. The summed E-state index contributed by atoms with van der Waals surface area (Å²) >= 11 is 0. The van der Waals surface area contributed by atoms with E-state index in [-0.39, 0.29) is 12.1 Å². The Labute approximate surface area is 328 Å². The molecule has 0 radical (unpaired) electrons. The van der Waals surface area contributed by atoms with E-state index < -0.39 is 0 Å². The van der Waals surface area contributed by atoms with Gasteiger partial charge in [-0.2, -0.15) is 0 Å². The predicted molar refractivity (Wildman–Crippen MR) is 242 cm³/mol. The number of allylic oxidation sites excluding steroid dienone is 4. The Balaban J connectivity index is 0.940. The summed E-state index contributed by atoms with van der Waals surface area (Å²) in [7, 11) is 0. The van der Waals surface area contributed by atoms with Crippen LogP contribution in [0, 0.1) is 0 Å². The van der Waals surface area contributed by atoms with Crippen molar-refractivity contribution in [2.75, 3.05) is 9.80 Å². The van der Waals surface area contributed by atoms with Crippen molar-refractivity contribution < 1.29 is 0 Å². The van der Waals surface area contributed by atoms with Crippen LogP contribution in [-0.2, 0) is 0 Å². The molecule has 2 aliphatic rings. The number of fused-ring (bicyclic) bond motifs is 4. The summed E-state index contributed by atoms with van der Waals surface area (Å²) in [5.41, 5.74) is 7.18. The molecule has 10 rings (SSSR count). The number of rotatable bonds is 8. The van der Waals surface area contributed by atoms with Gasteiger partial charge in [-0.25, -0.2) is 0 Å². The fourth-order valence-electron chi connectivity index (χ4n) is 8.44. The Morgan fingerprint density at radius 3 is 1.18 bits per heavy atom. The molecule has 8 aromatic rings. The van der Waals surface area contributed by atoms with Gasteiger partial charge in [0.2, 0.25) is 0 Å². The lowest BCUT2D eigenvalue weighted by Crippen LogP contribution is -2.29. The second kappa shape index (κ2) is 14.7. The third-order valence-corrected chi connectivity index (χ3v) is 11.3. The number of benzene rings is 8. The Morgan fingerprint density at radius 2 is 0.696 bits per heavy atom. The van der Waals surface area contributed by atoms with Gasteiger partial charge in [0.05, 0.1) is 12.1 Å². The third-order valence-electron chi connectivity index (χ3n) is 11.3. The molecule has 0 bridgehead atoms. The predicted octanol–water partition coefficient (Wildman–Crippen LogP) is 14.5.